The molecule has 4 nitrogen and oxygen atoms in total. The Bertz CT molecular complexity index is 318. The maximum atomic E-state index is 9.13. The van der Waals surface area contributed by atoms with E-state index in [4.69, 9.17) is 9.84 Å². The van der Waals surface area contributed by atoms with Gasteiger partial charge in [-0.05, 0) is 18.6 Å². The van der Waals surface area contributed by atoms with Gasteiger partial charge in [-0.2, -0.15) is 0 Å². The molecular weight excluding hydrogens is 204 g/mol. The third kappa shape index (κ3) is 3.01. The lowest BCUT2D eigenvalue weighted by Crippen LogP contribution is -2.47. The molecule has 0 aliphatic carbocycles. The SMILES string of the molecule is CC1CN(Cc2cccnc2)CC(CO)O1. The maximum absolute atomic E-state index is 9.13. The third-order valence-corrected chi connectivity index (χ3v) is 2.73. The topological polar surface area (TPSA) is 45.6 Å². The molecule has 0 radical (unpaired) electrons. The number of aliphatic hydroxyl groups excluding tert-OH is 1. The van der Waals surface area contributed by atoms with Crippen LogP contribution in [0.2, 0.25) is 0 Å². The third-order valence-electron chi connectivity index (χ3n) is 2.73. The lowest BCUT2D eigenvalue weighted by molar-refractivity contribution is -0.0972. The fourth-order valence-electron chi connectivity index (χ4n) is 2.12. The van der Waals surface area contributed by atoms with Gasteiger partial charge in [0.2, 0.25) is 0 Å². The summed E-state index contributed by atoms with van der Waals surface area (Å²) in [5.74, 6) is 0. The van der Waals surface area contributed by atoms with Crippen LogP contribution in [0.3, 0.4) is 0 Å². The van der Waals surface area contributed by atoms with Gasteiger partial charge in [-0.25, -0.2) is 0 Å². The van der Waals surface area contributed by atoms with Crippen LogP contribution in [-0.2, 0) is 11.3 Å². The van der Waals surface area contributed by atoms with Gasteiger partial charge in [-0.3, -0.25) is 9.88 Å². The molecule has 2 heterocycles. The van der Waals surface area contributed by atoms with E-state index in [1.54, 1.807) is 6.20 Å². The van der Waals surface area contributed by atoms with E-state index in [9.17, 15) is 0 Å². The summed E-state index contributed by atoms with van der Waals surface area (Å²) in [5, 5.41) is 9.13. The van der Waals surface area contributed by atoms with E-state index in [0.29, 0.717) is 0 Å². The standard InChI is InChI=1S/C12H18N2O2/c1-10-6-14(8-12(9-15)16-10)7-11-3-2-4-13-5-11/h2-5,10,12,15H,6-9H2,1H3. The Morgan fingerprint density at radius 3 is 3.12 bits per heavy atom. The van der Waals surface area contributed by atoms with Gasteiger partial charge < -0.3 is 9.84 Å². The molecule has 0 saturated carbocycles. The maximum Gasteiger partial charge on any atom is 0.0936 e. The van der Waals surface area contributed by atoms with E-state index in [1.807, 2.05) is 19.2 Å². The number of morpholine rings is 1. The summed E-state index contributed by atoms with van der Waals surface area (Å²) < 4.78 is 5.60. The summed E-state index contributed by atoms with van der Waals surface area (Å²) in [6.45, 7) is 4.70. The zero-order valence-electron chi connectivity index (χ0n) is 9.54. The van der Waals surface area contributed by atoms with Crippen molar-refractivity contribution in [1.82, 2.24) is 9.88 Å². The molecule has 0 spiro atoms. The predicted octanol–water partition coefficient (Wildman–Crippen LogP) is 0.663. The van der Waals surface area contributed by atoms with E-state index < -0.39 is 0 Å². The van der Waals surface area contributed by atoms with Crippen LogP contribution < -0.4 is 0 Å². The van der Waals surface area contributed by atoms with Crippen molar-refractivity contribution in [2.75, 3.05) is 19.7 Å². The minimum Gasteiger partial charge on any atom is -0.394 e. The lowest BCUT2D eigenvalue weighted by atomic mass is 10.2. The second kappa shape index (κ2) is 5.39. The van der Waals surface area contributed by atoms with Gasteiger partial charge in [0.15, 0.2) is 0 Å². The molecule has 2 unspecified atom stereocenters. The van der Waals surface area contributed by atoms with Crippen molar-refractivity contribution in [3.63, 3.8) is 0 Å². The van der Waals surface area contributed by atoms with Crippen molar-refractivity contribution in [1.29, 1.82) is 0 Å². The number of pyridine rings is 1. The highest BCUT2D eigenvalue weighted by Gasteiger charge is 2.24. The molecule has 1 aliphatic rings. The van der Waals surface area contributed by atoms with Crippen LogP contribution in [0.4, 0.5) is 0 Å². The quantitative estimate of drug-likeness (QED) is 0.816. The molecule has 0 amide bonds. The molecular formula is C12H18N2O2. The summed E-state index contributed by atoms with van der Waals surface area (Å²) in [6.07, 6.45) is 3.79. The van der Waals surface area contributed by atoms with E-state index in [2.05, 4.69) is 16.0 Å². The minimum atomic E-state index is -0.0552. The van der Waals surface area contributed by atoms with Crippen molar-refractivity contribution < 1.29 is 9.84 Å². The fraction of sp³-hybridized carbons (Fsp3) is 0.583. The molecule has 2 rings (SSSR count). The molecule has 88 valence electrons. The molecule has 1 N–H and O–H groups in total. The summed E-state index contributed by atoms with van der Waals surface area (Å²) in [6, 6.07) is 4.02. The van der Waals surface area contributed by atoms with E-state index in [1.165, 1.54) is 5.56 Å². The van der Waals surface area contributed by atoms with Crippen LogP contribution >= 0.6 is 0 Å². The smallest absolute Gasteiger partial charge is 0.0936 e. The van der Waals surface area contributed by atoms with Gasteiger partial charge in [0.25, 0.3) is 0 Å². The number of nitrogens with zero attached hydrogens (tertiary/aromatic N) is 2. The van der Waals surface area contributed by atoms with Crippen LogP contribution in [0.5, 0.6) is 0 Å². The normalized spacial score (nSPS) is 26.9. The van der Waals surface area contributed by atoms with Gasteiger partial charge in [-0.1, -0.05) is 6.07 Å². The highest BCUT2D eigenvalue weighted by Crippen LogP contribution is 2.13. The molecule has 2 atom stereocenters. The Morgan fingerprint density at radius 2 is 2.44 bits per heavy atom. The molecule has 1 aromatic heterocycles. The highest BCUT2D eigenvalue weighted by molar-refractivity contribution is 5.08. The number of rotatable bonds is 3. The predicted molar refractivity (Wildman–Crippen MR) is 60.9 cm³/mol. The first-order valence-corrected chi connectivity index (χ1v) is 5.65. The van der Waals surface area contributed by atoms with Gasteiger partial charge in [0.1, 0.15) is 0 Å². The van der Waals surface area contributed by atoms with Crippen LogP contribution in [-0.4, -0.2) is 46.9 Å². The fourth-order valence-corrected chi connectivity index (χ4v) is 2.12. The first-order chi connectivity index (χ1) is 7.78. The Labute approximate surface area is 95.9 Å². The molecule has 1 aliphatic heterocycles. The summed E-state index contributed by atoms with van der Waals surface area (Å²) in [5.41, 5.74) is 1.20. The Kier molecular flexibility index (Phi) is 3.88. The van der Waals surface area contributed by atoms with Crippen molar-refractivity contribution >= 4 is 0 Å². The van der Waals surface area contributed by atoms with Gasteiger partial charge in [0.05, 0.1) is 18.8 Å². The molecule has 0 bridgehead atoms. The molecule has 1 aromatic rings. The average Bonchev–Trinajstić information content (AvgIpc) is 2.29. The lowest BCUT2D eigenvalue weighted by Gasteiger charge is -2.36. The second-order valence-electron chi connectivity index (χ2n) is 4.31. The number of hydrogen-bond donors (Lipinski definition) is 1. The van der Waals surface area contributed by atoms with Crippen molar-refractivity contribution in [3.05, 3.63) is 30.1 Å². The average molecular weight is 222 g/mol. The zero-order valence-corrected chi connectivity index (χ0v) is 9.54. The van der Waals surface area contributed by atoms with Crippen LogP contribution in [0.15, 0.2) is 24.5 Å². The largest absolute Gasteiger partial charge is 0.394 e. The zero-order chi connectivity index (χ0) is 11.4. The second-order valence-corrected chi connectivity index (χ2v) is 4.31. The van der Waals surface area contributed by atoms with E-state index in [-0.39, 0.29) is 18.8 Å². The Balaban J connectivity index is 1.94. The molecule has 1 saturated heterocycles. The summed E-state index contributed by atoms with van der Waals surface area (Å²) >= 11 is 0. The first kappa shape index (κ1) is 11.5. The van der Waals surface area contributed by atoms with Crippen LogP contribution in [0.1, 0.15) is 12.5 Å². The number of hydrogen-bond acceptors (Lipinski definition) is 4. The van der Waals surface area contributed by atoms with Crippen molar-refractivity contribution in [2.24, 2.45) is 0 Å². The molecule has 1 fully saturated rings. The van der Waals surface area contributed by atoms with E-state index >= 15 is 0 Å². The van der Waals surface area contributed by atoms with Crippen LogP contribution in [0, 0.1) is 0 Å². The molecule has 0 aromatic carbocycles. The van der Waals surface area contributed by atoms with E-state index in [0.717, 1.165) is 19.6 Å². The van der Waals surface area contributed by atoms with Crippen LogP contribution in [0.25, 0.3) is 0 Å². The number of ether oxygens (including phenoxy) is 1. The first-order valence-electron chi connectivity index (χ1n) is 5.65. The van der Waals surface area contributed by atoms with Gasteiger partial charge in [-0.15, -0.1) is 0 Å². The number of aromatic nitrogens is 1. The Hall–Kier alpha value is -0.970. The molecule has 16 heavy (non-hydrogen) atoms. The van der Waals surface area contributed by atoms with Crippen molar-refractivity contribution in [2.45, 2.75) is 25.7 Å². The minimum absolute atomic E-state index is 0.0552. The Morgan fingerprint density at radius 1 is 1.56 bits per heavy atom. The summed E-state index contributed by atoms with van der Waals surface area (Å²) in [4.78, 5) is 6.40. The monoisotopic (exact) mass is 222 g/mol. The van der Waals surface area contributed by atoms with Gasteiger partial charge in [0, 0.05) is 32.0 Å². The van der Waals surface area contributed by atoms with Crippen molar-refractivity contribution in [3.8, 4) is 0 Å². The summed E-state index contributed by atoms with van der Waals surface area (Å²) in [7, 11) is 0. The highest BCUT2D eigenvalue weighted by atomic mass is 16.5. The van der Waals surface area contributed by atoms with Gasteiger partial charge >= 0.3 is 0 Å². The molecule has 4 heteroatoms. The number of aliphatic hydroxyl groups is 1.